The smallest absolute Gasteiger partial charge is 0.350 e. The highest BCUT2D eigenvalue weighted by Gasteiger charge is 2.14. The highest BCUT2D eigenvalue weighted by molar-refractivity contribution is 5.76. The van der Waals surface area contributed by atoms with Crippen LogP contribution >= 0.6 is 0 Å². The van der Waals surface area contributed by atoms with E-state index in [2.05, 4.69) is 10.4 Å². The molecule has 2 heterocycles. The van der Waals surface area contributed by atoms with Gasteiger partial charge < -0.3 is 15.5 Å². The minimum atomic E-state index is -1.52. The molecule has 0 unspecified atom stereocenters. The number of nitrogens with one attached hydrogen (secondary N) is 1. The molecule has 0 bridgehead atoms. The Kier molecular flexibility index (Phi) is 4.33. The Morgan fingerprint density at radius 2 is 2.14 bits per heavy atom. The molecular weight excluding hydrogens is 280 g/mol. The summed E-state index contributed by atoms with van der Waals surface area (Å²) in [5, 5.41) is 23.9. The van der Waals surface area contributed by atoms with Crippen LogP contribution in [-0.4, -0.2) is 48.9 Å². The van der Waals surface area contributed by atoms with Gasteiger partial charge in [0.1, 0.15) is 6.54 Å². The maximum absolute atomic E-state index is 11.9. The number of aliphatic carboxylic acids is 1. The average molecular weight is 294 g/mol. The van der Waals surface area contributed by atoms with Crippen LogP contribution in [0.5, 0.6) is 0 Å². The van der Waals surface area contributed by atoms with E-state index in [1.165, 1.54) is 4.40 Å². The van der Waals surface area contributed by atoms with Crippen LogP contribution in [0.3, 0.4) is 0 Å². The second-order valence-corrected chi connectivity index (χ2v) is 4.36. The number of aromatic nitrogens is 3. The summed E-state index contributed by atoms with van der Waals surface area (Å²) in [7, 11) is 0. The normalized spacial score (nSPS) is 12.2. The lowest BCUT2D eigenvalue weighted by Gasteiger charge is -2.06. The number of pyridine rings is 1. The Labute approximate surface area is 118 Å². The predicted molar refractivity (Wildman–Crippen MR) is 70.7 cm³/mol. The van der Waals surface area contributed by atoms with Crippen LogP contribution in [0.2, 0.25) is 0 Å². The molecule has 1 atom stereocenters. The number of carboxylic acids is 1. The summed E-state index contributed by atoms with van der Waals surface area (Å²) >= 11 is 0. The summed E-state index contributed by atoms with van der Waals surface area (Å²) in [5.41, 5.74) is -0.0112. The van der Waals surface area contributed by atoms with Crippen LogP contribution in [0.15, 0.2) is 29.2 Å². The van der Waals surface area contributed by atoms with Crippen molar-refractivity contribution in [2.24, 2.45) is 0 Å². The van der Waals surface area contributed by atoms with E-state index in [0.717, 1.165) is 4.68 Å². The first-order valence-electron chi connectivity index (χ1n) is 6.21. The molecule has 0 aromatic carbocycles. The van der Waals surface area contributed by atoms with Gasteiger partial charge in [0.15, 0.2) is 11.8 Å². The fourth-order valence-electron chi connectivity index (χ4n) is 1.73. The number of nitrogens with zero attached hydrogens (tertiary/aromatic N) is 3. The zero-order valence-corrected chi connectivity index (χ0v) is 11.0. The van der Waals surface area contributed by atoms with Gasteiger partial charge in [0.05, 0.1) is 0 Å². The van der Waals surface area contributed by atoms with E-state index in [-0.39, 0.29) is 19.5 Å². The number of amides is 1. The Hall–Kier alpha value is -2.68. The standard InChI is InChI=1S/C12H14N4O5/c17-8(11(19)20)4-5-13-10(18)7-16-12(21)15-6-2-1-3-9(15)14-16/h1-3,6,8,17H,4-5,7H2,(H,13,18)(H,19,20)/t8-/m0/s1. The number of hydrogen-bond acceptors (Lipinski definition) is 5. The van der Waals surface area contributed by atoms with Gasteiger partial charge in [-0.25, -0.2) is 14.3 Å². The summed E-state index contributed by atoms with van der Waals surface area (Å²) in [4.78, 5) is 33.9. The minimum absolute atomic E-state index is 0.00553. The average Bonchev–Trinajstić information content (AvgIpc) is 2.75. The number of aliphatic hydroxyl groups is 1. The molecule has 0 aliphatic carbocycles. The summed E-state index contributed by atoms with van der Waals surface area (Å²) < 4.78 is 2.32. The van der Waals surface area contributed by atoms with E-state index >= 15 is 0 Å². The third-order valence-corrected chi connectivity index (χ3v) is 2.81. The zero-order chi connectivity index (χ0) is 15.4. The van der Waals surface area contributed by atoms with Crippen LogP contribution in [0.25, 0.3) is 5.65 Å². The molecule has 9 nitrogen and oxygen atoms in total. The number of rotatable bonds is 6. The van der Waals surface area contributed by atoms with Crippen molar-refractivity contribution in [1.82, 2.24) is 19.5 Å². The van der Waals surface area contributed by atoms with Crippen molar-refractivity contribution < 1.29 is 19.8 Å². The molecule has 0 saturated heterocycles. The molecule has 1 amide bonds. The van der Waals surface area contributed by atoms with E-state index < -0.39 is 23.7 Å². The maximum Gasteiger partial charge on any atom is 0.350 e. The van der Waals surface area contributed by atoms with Crippen molar-refractivity contribution in [2.75, 3.05) is 6.54 Å². The van der Waals surface area contributed by atoms with Gasteiger partial charge in [0, 0.05) is 19.2 Å². The highest BCUT2D eigenvalue weighted by atomic mass is 16.4. The number of aliphatic hydroxyl groups excluding tert-OH is 1. The Morgan fingerprint density at radius 1 is 1.38 bits per heavy atom. The highest BCUT2D eigenvalue weighted by Crippen LogP contribution is 1.95. The number of carbonyl (C=O) groups excluding carboxylic acids is 1. The van der Waals surface area contributed by atoms with Gasteiger partial charge in [0.25, 0.3) is 0 Å². The van der Waals surface area contributed by atoms with Crippen LogP contribution in [0.4, 0.5) is 0 Å². The van der Waals surface area contributed by atoms with Crippen molar-refractivity contribution in [3.8, 4) is 0 Å². The van der Waals surface area contributed by atoms with E-state index in [0.29, 0.717) is 5.65 Å². The molecular formula is C12H14N4O5. The molecule has 0 fully saturated rings. The molecule has 21 heavy (non-hydrogen) atoms. The van der Waals surface area contributed by atoms with Crippen LogP contribution in [-0.2, 0) is 16.1 Å². The SMILES string of the molecule is O=C(Cn1nc2ccccn2c1=O)NCC[C@H](O)C(=O)O. The third-order valence-electron chi connectivity index (χ3n) is 2.81. The topological polar surface area (TPSA) is 126 Å². The molecule has 112 valence electrons. The number of carboxylic acid groups (broad SMARTS) is 1. The third kappa shape index (κ3) is 3.45. The van der Waals surface area contributed by atoms with Crippen molar-refractivity contribution in [3.63, 3.8) is 0 Å². The molecule has 2 aromatic heterocycles. The van der Waals surface area contributed by atoms with Gasteiger partial charge in [0.2, 0.25) is 5.91 Å². The zero-order valence-electron chi connectivity index (χ0n) is 11.0. The maximum atomic E-state index is 11.9. The summed E-state index contributed by atoms with van der Waals surface area (Å²) in [6.45, 7) is -0.280. The fraction of sp³-hybridized carbons (Fsp3) is 0.333. The van der Waals surface area contributed by atoms with Crippen molar-refractivity contribution in [1.29, 1.82) is 0 Å². The first kappa shape index (κ1) is 14.7. The van der Waals surface area contributed by atoms with Crippen molar-refractivity contribution in [2.45, 2.75) is 19.1 Å². The molecule has 0 radical (unpaired) electrons. The van der Waals surface area contributed by atoms with E-state index in [9.17, 15) is 14.4 Å². The van der Waals surface area contributed by atoms with E-state index in [1.807, 2.05) is 0 Å². The molecule has 3 N–H and O–H groups in total. The fourth-order valence-corrected chi connectivity index (χ4v) is 1.73. The number of fused-ring (bicyclic) bond motifs is 1. The molecule has 0 aliphatic rings. The van der Waals surface area contributed by atoms with Crippen LogP contribution < -0.4 is 11.0 Å². The van der Waals surface area contributed by atoms with Crippen molar-refractivity contribution in [3.05, 3.63) is 34.9 Å². The first-order chi connectivity index (χ1) is 9.99. The molecule has 0 spiro atoms. The van der Waals surface area contributed by atoms with Crippen molar-refractivity contribution >= 4 is 17.5 Å². The van der Waals surface area contributed by atoms with Crippen LogP contribution in [0.1, 0.15) is 6.42 Å². The lowest BCUT2D eigenvalue weighted by Crippen LogP contribution is -2.35. The summed E-state index contributed by atoms with van der Waals surface area (Å²) in [5.74, 6) is -1.83. The Morgan fingerprint density at radius 3 is 2.81 bits per heavy atom. The first-order valence-corrected chi connectivity index (χ1v) is 6.21. The molecule has 2 rings (SSSR count). The minimum Gasteiger partial charge on any atom is -0.479 e. The molecule has 0 saturated carbocycles. The quantitative estimate of drug-likeness (QED) is 0.592. The van der Waals surface area contributed by atoms with Gasteiger partial charge in [-0.1, -0.05) is 6.07 Å². The number of hydrogen-bond donors (Lipinski definition) is 3. The van der Waals surface area contributed by atoms with Gasteiger partial charge in [-0.2, -0.15) is 0 Å². The molecule has 0 aliphatic heterocycles. The second-order valence-electron chi connectivity index (χ2n) is 4.36. The van der Waals surface area contributed by atoms with Gasteiger partial charge >= 0.3 is 11.7 Å². The monoisotopic (exact) mass is 294 g/mol. The number of carbonyl (C=O) groups is 2. The Balaban J connectivity index is 1.94. The summed E-state index contributed by atoms with van der Waals surface area (Å²) in [6, 6.07) is 5.03. The summed E-state index contributed by atoms with van der Waals surface area (Å²) in [6.07, 6.45) is -0.0908. The van der Waals surface area contributed by atoms with Gasteiger partial charge in [-0.3, -0.25) is 9.20 Å². The van der Waals surface area contributed by atoms with E-state index in [4.69, 9.17) is 10.2 Å². The second kappa shape index (κ2) is 6.18. The largest absolute Gasteiger partial charge is 0.479 e. The lowest BCUT2D eigenvalue weighted by atomic mass is 10.2. The van der Waals surface area contributed by atoms with Gasteiger partial charge in [-0.05, 0) is 12.1 Å². The molecule has 2 aromatic rings. The predicted octanol–water partition coefficient (Wildman–Crippen LogP) is -1.55. The Bertz CT molecular complexity index is 720. The van der Waals surface area contributed by atoms with Gasteiger partial charge in [-0.15, -0.1) is 5.10 Å². The lowest BCUT2D eigenvalue weighted by molar-refractivity contribution is -0.147. The molecule has 9 heteroatoms. The van der Waals surface area contributed by atoms with E-state index in [1.54, 1.807) is 24.4 Å². The van der Waals surface area contributed by atoms with Crippen LogP contribution in [0, 0.1) is 0 Å².